The standard InChI is InChI=1S/C10H10ClN5O2S/c1-15(5-6-2-3-8(11)19-6)9-7(16(17)18)4-13-10(12)14-9/h2-4H,5H2,1H3,(H2,12,13,14). The van der Waals surface area contributed by atoms with Crippen molar-refractivity contribution in [3.8, 4) is 0 Å². The summed E-state index contributed by atoms with van der Waals surface area (Å²) in [5.41, 5.74) is 5.29. The van der Waals surface area contributed by atoms with E-state index in [-0.39, 0.29) is 17.5 Å². The quantitative estimate of drug-likeness (QED) is 0.687. The Morgan fingerprint density at radius 1 is 1.58 bits per heavy atom. The molecule has 0 spiro atoms. The maximum absolute atomic E-state index is 10.9. The molecule has 7 nitrogen and oxygen atoms in total. The fourth-order valence-corrected chi connectivity index (χ4v) is 2.68. The molecule has 0 bridgehead atoms. The van der Waals surface area contributed by atoms with E-state index in [0.29, 0.717) is 10.9 Å². The summed E-state index contributed by atoms with van der Waals surface area (Å²) in [6, 6.07) is 3.64. The van der Waals surface area contributed by atoms with Gasteiger partial charge in [-0.25, -0.2) is 4.98 Å². The molecule has 0 saturated carbocycles. The zero-order valence-corrected chi connectivity index (χ0v) is 11.5. The molecule has 100 valence electrons. The first-order valence-corrected chi connectivity index (χ1v) is 6.39. The Balaban J connectivity index is 2.29. The van der Waals surface area contributed by atoms with Gasteiger partial charge in [-0.2, -0.15) is 4.98 Å². The number of halogens is 1. The Morgan fingerprint density at radius 3 is 2.89 bits per heavy atom. The van der Waals surface area contributed by atoms with Crippen molar-refractivity contribution >= 4 is 40.4 Å². The van der Waals surface area contributed by atoms with Gasteiger partial charge in [-0.3, -0.25) is 10.1 Å². The van der Waals surface area contributed by atoms with Crippen LogP contribution in [0.25, 0.3) is 0 Å². The van der Waals surface area contributed by atoms with E-state index < -0.39 is 4.92 Å². The van der Waals surface area contributed by atoms with Crippen LogP contribution in [0.15, 0.2) is 18.3 Å². The number of nitrogens with zero attached hydrogens (tertiary/aromatic N) is 4. The summed E-state index contributed by atoms with van der Waals surface area (Å²) in [7, 11) is 1.70. The van der Waals surface area contributed by atoms with Crippen molar-refractivity contribution in [3.05, 3.63) is 37.7 Å². The maximum atomic E-state index is 10.9. The van der Waals surface area contributed by atoms with Gasteiger partial charge in [0.15, 0.2) is 0 Å². The molecule has 0 fully saturated rings. The highest BCUT2D eigenvalue weighted by atomic mass is 35.5. The SMILES string of the molecule is CN(Cc1ccc(Cl)s1)c1nc(N)ncc1[N+](=O)[O-]. The summed E-state index contributed by atoms with van der Waals surface area (Å²) in [5.74, 6) is 0.179. The van der Waals surface area contributed by atoms with E-state index in [4.69, 9.17) is 17.3 Å². The van der Waals surface area contributed by atoms with Crippen molar-refractivity contribution in [2.24, 2.45) is 0 Å². The molecule has 0 amide bonds. The first-order valence-electron chi connectivity index (χ1n) is 5.19. The second-order valence-corrected chi connectivity index (χ2v) is 5.56. The van der Waals surface area contributed by atoms with Crippen LogP contribution in [0.5, 0.6) is 0 Å². The number of hydrogen-bond donors (Lipinski definition) is 1. The van der Waals surface area contributed by atoms with Crippen LogP contribution < -0.4 is 10.6 Å². The van der Waals surface area contributed by atoms with Crippen LogP contribution in [0.2, 0.25) is 4.34 Å². The smallest absolute Gasteiger partial charge is 0.329 e. The van der Waals surface area contributed by atoms with Crippen molar-refractivity contribution in [3.63, 3.8) is 0 Å². The van der Waals surface area contributed by atoms with Crippen LogP contribution >= 0.6 is 22.9 Å². The van der Waals surface area contributed by atoms with Crippen LogP contribution in [0.3, 0.4) is 0 Å². The second-order valence-electron chi connectivity index (χ2n) is 3.76. The number of anilines is 2. The van der Waals surface area contributed by atoms with Crippen LogP contribution in [0.1, 0.15) is 4.88 Å². The Hall–Kier alpha value is -1.93. The number of thiophene rings is 1. The van der Waals surface area contributed by atoms with Gasteiger partial charge in [0.1, 0.15) is 6.20 Å². The minimum Gasteiger partial charge on any atom is -0.368 e. The van der Waals surface area contributed by atoms with Crippen LogP contribution in [0.4, 0.5) is 17.5 Å². The van der Waals surface area contributed by atoms with Crippen LogP contribution in [-0.4, -0.2) is 21.9 Å². The van der Waals surface area contributed by atoms with E-state index >= 15 is 0 Å². The third kappa shape index (κ3) is 3.09. The third-order valence-corrected chi connectivity index (χ3v) is 3.56. The van der Waals surface area contributed by atoms with Crippen molar-refractivity contribution < 1.29 is 4.92 Å². The zero-order valence-electron chi connectivity index (χ0n) is 9.91. The summed E-state index contributed by atoms with van der Waals surface area (Å²) < 4.78 is 0.667. The predicted octanol–water partition coefficient (Wildman–Crippen LogP) is 2.32. The largest absolute Gasteiger partial charge is 0.368 e. The molecule has 0 radical (unpaired) electrons. The predicted molar refractivity (Wildman–Crippen MR) is 74.5 cm³/mol. The Labute approximate surface area is 117 Å². The van der Waals surface area contributed by atoms with Crippen molar-refractivity contribution in [2.75, 3.05) is 17.7 Å². The Bertz CT molecular complexity index is 618. The topological polar surface area (TPSA) is 98.2 Å². The first kappa shape index (κ1) is 13.5. The van der Waals surface area contributed by atoms with Gasteiger partial charge >= 0.3 is 5.69 Å². The number of nitro groups is 1. The number of rotatable bonds is 4. The molecule has 9 heteroatoms. The monoisotopic (exact) mass is 299 g/mol. The van der Waals surface area contributed by atoms with Crippen LogP contribution in [0, 0.1) is 10.1 Å². The van der Waals surface area contributed by atoms with Crippen molar-refractivity contribution in [2.45, 2.75) is 6.54 Å². The molecule has 19 heavy (non-hydrogen) atoms. The van der Waals surface area contributed by atoms with E-state index in [0.717, 1.165) is 11.1 Å². The molecule has 2 aromatic heterocycles. The highest BCUT2D eigenvalue weighted by Crippen LogP contribution is 2.28. The van der Waals surface area contributed by atoms with E-state index in [1.54, 1.807) is 18.0 Å². The lowest BCUT2D eigenvalue weighted by atomic mass is 10.4. The molecule has 0 aliphatic rings. The molecule has 0 saturated heterocycles. The summed E-state index contributed by atoms with van der Waals surface area (Å²) >= 11 is 7.25. The van der Waals surface area contributed by atoms with E-state index in [2.05, 4.69) is 9.97 Å². The first-order chi connectivity index (χ1) is 8.97. The number of aromatic nitrogens is 2. The van der Waals surface area contributed by atoms with Crippen molar-refractivity contribution in [1.29, 1.82) is 0 Å². The van der Waals surface area contributed by atoms with Crippen LogP contribution in [-0.2, 0) is 6.54 Å². The lowest BCUT2D eigenvalue weighted by Crippen LogP contribution is -2.19. The Kier molecular flexibility index (Phi) is 3.82. The molecule has 0 unspecified atom stereocenters. The molecular formula is C10H10ClN5O2S. The lowest BCUT2D eigenvalue weighted by Gasteiger charge is -2.16. The van der Waals surface area contributed by atoms with Gasteiger partial charge in [0, 0.05) is 11.9 Å². The molecule has 2 aromatic rings. The molecular weight excluding hydrogens is 290 g/mol. The minimum absolute atomic E-state index is 0.00309. The molecule has 2 N–H and O–H groups in total. The van der Waals surface area contributed by atoms with E-state index in [1.807, 2.05) is 6.07 Å². The van der Waals surface area contributed by atoms with Crippen molar-refractivity contribution in [1.82, 2.24) is 9.97 Å². The van der Waals surface area contributed by atoms with E-state index in [9.17, 15) is 10.1 Å². The zero-order chi connectivity index (χ0) is 14.0. The summed E-state index contributed by atoms with van der Waals surface area (Å²) in [5, 5.41) is 10.9. The van der Waals surface area contributed by atoms with E-state index in [1.165, 1.54) is 11.3 Å². The van der Waals surface area contributed by atoms with Gasteiger partial charge in [-0.05, 0) is 12.1 Å². The molecule has 0 aromatic carbocycles. The lowest BCUT2D eigenvalue weighted by molar-refractivity contribution is -0.384. The van der Waals surface area contributed by atoms with Gasteiger partial charge in [0.05, 0.1) is 15.8 Å². The molecule has 0 aliphatic carbocycles. The number of nitrogens with two attached hydrogens (primary N) is 1. The third-order valence-electron chi connectivity index (χ3n) is 2.35. The highest BCUT2D eigenvalue weighted by molar-refractivity contribution is 7.16. The van der Waals surface area contributed by atoms with Gasteiger partial charge in [-0.15, -0.1) is 11.3 Å². The normalized spacial score (nSPS) is 10.4. The number of hydrogen-bond acceptors (Lipinski definition) is 7. The molecule has 0 aliphatic heterocycles. The molecule has 0 atom stereocenters. The molecule has 2 heterocycles. The highest BCUT2D eigenvalue weighted by Gasteiger charge is 2.20. The Morgan fingerprint density at radius 2 is 2.32 bits per heavy atom. The summed E-state index contributed by atoms with van der Waals surface area (Å²) in [4.78, 5) is 20.6. The fraction of sp³-hybridized carbons (Fsp3) is 0.200. The average molecular weight is 300 g/mol. The van der Waals surface area contributed by atoms with Gasteiger partial charge in [0.25, 0.3) is 0 Å². The molecule has 2 rings (SSSR count). The summed E-state index contributed by atoms with van der Waals surface area (Å²) in [6.07, 6.45) is 1.11. The number of nitrogen functional groups attached to an aromatic ring is 1. The summed E-state index contributed by atoms with van der Waals surface area (Å²) in [6.45, 7) is 0.453. The van der Waals surface area contributed by atoms with Gasteiger partial charge < -0.3 is 10.6 Å². The average Bonchev–Trinajstić information content (AvgIpc) is 2.74. The van der Waals surface area contributed by atoms with Gasteiger partial charge in [-0.1, -0.05) is 11.6 Å². The fourth-order valence-electron chi connectivity index (χ4n) is 1.53. The maximum Gasteiger partial charge on any atom is 0.329 e. The second kappa shape index (κ2) is 5.37. The minimum atomic E-state index is -0.535. The van der Waals surface area contributed by atoms with Gasteiger partial charge in [0.2, 0.25) is 11.8 Å².